The van der Waals surface area contributed by atoms with Crippen LogP contribution in [0.4, 0.5) is 0 Å². The summed E-state index contributed by atoms with van der Waals surface area (Å²) >= 11 is 0. The molecule has 0 N–H and O–H groups in total. The van der Waals surface area contributed by atoms with Crippen LogP contribution in [0.1, 0.15) is 11.1 Å². The maximum Gasteiger partial charge on any atom is 0.333 e. The lowest BCUT2D eigenvalue weighted by Gasteiger charge is -2.36. The van der Waals surface area contributed by atoms with Crippen LogP contribution in [0.5, 0.6) is 0 Å². The first-order valence-electron chi connectivity index (χ1n) is 18.0. The minimum absolute atomic E-state index is 0.0294. The van der Waals surface area contributed by atoms with E-state index in [1.807, 2.05) is 12.1 Å². The monoisotopic (exact) mass is 655 g/mol. The molecule has 0 amide bonds. The van der Waals surface area contributed by atoms with Crippen molar-refractivity contribution in [2.45, 2.75) is 6.92 Å². The molecule has 52 heavy (non-hydrogen) atoms. The molecule has 0 atom stereocenters. The number of hydrogen-bond donors (Lipinski definition) is 0. The van der Waals surface area contributed by atoms with Crippen molar-refractivity contribution in [2.75, 3.05) is 0 Å². The van der Waals surface area contributed by atoms with E-state index in [1.54, 1.807) is 0 Å². The van der Waals surface area contributed by atoms with Gasteiger partial charge in [0.25, 0.3) is 0 Å². The fraction of sp³-hybridized carbons (Fsp3) is 0.0208. The summed E-state index contributed by atoms with van der Waals surface area (Å²) in [6.07, 6.45) is 0. The molecule has 0 saturated heterocycles. The number of hydrogen-bond acceptors (Lipinski definition) is 1. The first-order valence-corrected chi connectivity index (χ1v) is 18.0. The maximum absolute atomic E-state index is 9.97. The molecule has 4 heteroatoms. The molecular formula is C48H26BN3. The van der Waals surface area contributed by atoms with Gasteiger partial charge in [-0.2, -0.15) is 5.26 Å². The Labute approximate surface area is 298 Å². The van der Waals surface area contributed by atoms with Crippen molar-refractivity contribution in [3.63, 3.8) is 0 Å². The Morgan fingerprint density at radius 2 is 1.29 bits per heavy atom. The predicted molar refractivity (Wildman–Crippen MR) is 218 cm³/mol. The number of benzene rings is 9. The van der Waals surface area contributed by atoms with Crippen LogP contribution in [0.3, 0.4) is 0 Å². The SMILES string of the molecule is Cc1c(-c2cccc(C#N)c2)cc2c3c1-c1cc4ccccc4c4c5c6ccccc6ccc5n(c14)B3c1ccc3ccc4cccc5c4c3c1n5-2. The highest BCUT2D eigenvalue weighted by Crippen LogP contribution is 2.50. The lowest BCUT2D eigenvalue weighted by Crippen LogP contribution is -2.55. The Hall–Kier alpha value is -6.83. The van der Waals surface area contributed by atoms with Gasteiger partial charge in [-0.1, -0.05) is 103 Å². The summed E-state index contributed by atoms with van der Waals surface area (Å²) in [5.74, 6) is 0. The number of rotatable bonds is 1. The van der Waals surface area contributed by atoms with Gasteiger partial charge in [-0.05, 0) is 109 Å². The van der Waals surface area contributed by atoms with E-state index in [0.717, 1.165) is 5.56 Å². The number of fused-ring (bicyclic) bond motifs is 12. The third-order valence-corrected chi connectivity index (χ3v) is 12.4. The molecule has 0 bridgehead atoms. The number of nitrogens with zero attached hydrogens (tertiary/aromatic N) is 3. The second kappa shape index (κ2) is 9.09. The largest absolute Gasteiger partial charge is 0.375 e. The van der Waals surface area contributed by atoms with E-state index < -0.39 is 0 Å². The van der Waals surface area contributed by atoms with Crippen molar-refractivity contribution in [3.05, 3.63) is 151 Å². The van der Waals surface area contributed by atoms with Gasteiger partial charge in [-0.15, -0.1) is 0 Å². The van der Waals surface area contributed by atoms with Crippen LogP contribution in [0, 0.1) is 18.3 Å². The van der Waals surface area contributed by atoms with Crippen LogP contribution < -0.4 is 10.9 Å². The predicted octanol–water partition coefficient (Wildman–Crippen LogP) is 10.6. The highest BCUT2D eigenvalue weighted by Gasteiger charge is 2.43. The van der Waals surface area contributed by atoms with Crippen molar-refractivity contribution in [3.8, 4) is 34.0 Å². The Morgan fingerprint density at radius 3 is 2.15 bits per heavy atom. The van der Waals surface area contributed by atoms with Gasteiger partial charge in [-0.25, -0.2) is 0 Å². The second-order valence-electron chi connectivity index (χ2n) is 14.7. The molecule has 11 aromatic rings. The van der Waals surface area contributed by atoms with Crippen LogP contribution in [0.2, 0.25) is 0 Å². The summed E-state index contributed by atoms with van der Waals surface area (Å²) in [6.45, 7) is 2.27. The fourth-order valence-corrected chi connectivity index (χ4v) is 10.4. The summed E-state index contributed by atoms with van der Waals surface area (Å²) < 4.78 is 5.26. The average molecular weight is 656 g/mol. The van der Waals surface area contributed by atoms with E-state index in [4.69, 9.17) is 0 Å². The average Bonchev–Trinajstić information content (AvgIpc) is 3.74. The summed E-state index contributed by atoms with van der Waals surface area (Å²) in [6, 6.07) is 54.0. The molecule has 0 aliphatic carbocycles. The molecule has 2 aromatic heterocycles. The third kappa shape index (κ3) is 2.99. The molecule has 2 aliphatic rings. The van der Waals surface area contributed by atoms with Crippen molar-refractivity contribution in [1.29, 1.82) is 5.26 Å². The topological polar surface area (TPSA) is 33.6 Å². The van der Waals surface area contributed by atoms with E-state index in [9.17, 15) is 5.26 Å². The molecule has 3 nitrogen and oxygen atoms in total. The van der Waals surface area contributed by atoms with Crippen molar-refractivity contribution in [2.24, 2.45) is 0 Å². The standard InChI is InChI=1S/C48H26BN3/c1-26-35(31-12-6-8-27(22-31)25-50)24-40-46-41(26)36-23-32-10-3-5-14-34(32)45-44-33-13-4-2-9-28(33)19-21-39(44)52(47(36)45)49(46)37-20-18-30-17-16-29-11-7-15-38-42(29)43(30)48(37)51(38)40/h2-24H,1H3. The van der Waals surface area contributed by atoms with Gasteiger partial charge in [0.05, 0.1) is 22.7 Å². The van der Waals surface area contributed by atoms with E-state index in [1.165, 1.54) is 115 Å². The normalized spacial score (nSPS) is 13.0. The number of aromatic nitrogens is 2. The Kier molecular flexibility index (Phi) is 4.71. The highest BCUT2D eigenvalue weighted by atomic mass is 15.0. The number of nitriles is 1. The zero-order valence-corrected chi connectivity index (χ0v) is 28.2. The molecule has 2 aliphatic heterocycles. The van der Waals surface area contributed by atoms with Gasteiger partial charge < -0.3 is 9.05 Å². The van der Waals surface area contributed by atoms with Crippen LogP contribution in [0.15, 0.2) is 140 Å². The molecule has 13 rings (SSSR count). The van der Waals surface area contributed by atoms with Gasteiger partial charge in [0, 0.05) is 43.8 Å². The molecular weight excluding hydrogens is 629 g/mol. The summed E-state index contributed by atoms with van der Waals surface area (Å²) in [7, 11) is 0. The van der Waals surface area contributed by atoms with Crippen LogP contribution in [-0.4, -0.2) is 15.9 Å². The van der Waals surface area contributed by atoms with E-state index in [-0.39, 0.29) is 6.85 Å². The minimum Gasteiger partial charge on any atom is -0.375 e. The Balaban J connectivity index is 1.33. The summed E-state index contributed by atoms with van der Waals surface area (Å²) in [4.78, 5) is 0. The lowest BCUT2D eigenvalue weighted by molar-refractivity contribution is 1.17. The lowest BCUT2D eigenvalue weighted by atomic mass is 9.45. The Morgan fingerprint density at radius 1 is 0.558 bits per heavy atom. The van der Waals surface area contributed by atoms with Crippen LogP contribution in [0.25, 0.3) is 104 Å². The van der Waals surface area contributed by atoms with E-state index in [0.29, 0.717) is 5.56 Å². The molecule has 4 heterocycles. The van der Waals surface area contributed by atoms with Crippen molar-refractivity contribution < 1.29 is 0 Å². The van der Waals surface area contributed by atoms with Crippen LogP contribution in [-0.2, 0) is 0 Å². The molecule has 0 spiro atoms. The van der Waals surface area contributed by atoms with Gasteiger partial charge in [0.15, 0.2) is 0 Å². The Bertz CT molecular complexity index is 3500. The van der Waals surface area contributed by atoms with Crippen LogP contribution >= 0.6 is 0 Å². The summed E-state index contributed by atoms with van der Waals surface area (Å²) in [5.41, 5.74) is 15.8. The first-order chi connectivity index (χ1) is 25.7. The molecule has 0 fully saturated rings. The van der Waals surface area contributed by atoms with Gasteiger partial charge >= 0.3 is 6.85 Å². The van der Waals surface area contributed by atoms with E-state index >= 15 is 0 Å². The van der Waals surface area contributed by atoms with Gasteiger partial charge in [-0.3, -0.25) is 0 Å². The molecule has 0 saturated carbocycles. The minimum atomic E-state index is -0.0294. The van der Waals surface area contributed by atoms with Crippen molar-refractivity contribution >= 4 is 93.7 Å². The highest BCUT2D eigenvalue weighted by molar-refractivity contribution is 6.90. The second-order valence-corrected chi connectivity index (χ2v) is 14.7. The zero-order chi connectivity index (χ0) is 34.0. The quantitative estimate of drug-likeness (QED) is 0.128. The van der Waals surface area contributed by atoms with Gasteiger partial charge in [0.2, 0.25) is 0 Å². The molecule has 236 valence electrons. The first kappa shape index (κ1) is 27.0. The smallest absolute Gasteiger partial charge is 0.333 e. The van der Waals surface area contributed by atoms with Crippen molar-refractivity contribution in [1.82, 2.24) is 9.05 Å². The zero-order valence-electron chi connectivity index (χ0n) is 28.2. The third-order valence-electron chi connectivity index (χ3n) is 12.4. The fourth-order valence-electron chi connectivity index (χ4n) is 10.4. The van der Waals surface area contributed by atoms with E-state index in [2.05, 4.69) is 149 Å². The maximum atomic E-state index is 9.97. The molecule has 9 aromatic carbocycles. The van der Waals surface area contributed by atoms with Gasteiger partial charge in [0.1, 0.15) is 0 Å². The molecule has 0 radical (unpaired) electrons. The molecule has 0 unspecified atom stereocenters. The summed E-state index contributed by atoms with van der Waals surface area (Å²) in [5, 5.41) is 22.9.